The molecule has 0 fully saturated rings. The third-order valence-electron chi connectivity index (χ3n) is 1.91. The van der Waals surface area contributed by atoms with Crippen LogP contribution in [0.1, 0.15) is 0 Å². The lowest BCUT2D eigenvalue weighted by molar-refractivity contribution is 0.473. The van der Waals surface area contributed by atoms with Crippen molar-refractivity contribution in [3.05, 3.63) is 30.2 Å². The molecule has 0 aliphatic rings. The molecule has 0 radical (unpaired) electrons. The molecule has 4 N–H and O–H groups in total. The summed E-state index contributed by atoms with van der Waals surface area (Å²) in [6.45, 7) is 0. The van der Waals surface area contributed by atoms with E-state index < -0.39 is 5.82 Å². The van der Waals surface area contributed by atoms with Crippen LogP contribution >= 0.6 is 0 Å². The minimum absolute atomic E-state index is 0.0120. The van der Waals surface area contributed by atoms with Gasteiger partial charge < -0.3 is 10.8 Å². The summed E-state index contributed by atoms with van der Waals surface area (Å²) in [5, 5.41) is 15.4. The quantitative estimate of drug-likeness (QED) is 0.642. The molecule has 14 heavy (non-hydrogen) atoms. The van der Waals surface area contributed by atoms with Crippen LogP contribution in [0.5, 0.6) is 5.75 Å². The summed E-state index contributed by atoms with van der Waals surface area (Å²) in [4.78, 5) is 0. The Labute approximate surface area is 79.2 Å². The second-order valence-corrected chi connectivity index (χ2v) is 2.86. The maximum atomic E-state index is 13.3. The maximum absolute atomic E-state index is 13.3. The van der Waals surface area contributed by atoms with Crippen LogP contribution in [0.25, 0.3) is 11.1 Å². The van der Waals surface area contributed by atoms with Crippen molar-refractivity contribution in [1.29, 1.82) is 0 Å². The summed E-state index contributed by atoms with van der Waals surface area (Å²) >= 11 is 0. The van der Waals surface area contributed by atoms with Crippen molar-refractivity contribution >= 4 is 5.82 Å². The van der Waals surface area contributed by atoms with Crippen LogP contribution in [-0.4, -0.2) is 15.3 Å². The van der Waals surface area contributed by atoms with Gasteiger partial charge in [-0.25, -0.2) is 4.39 Å². The van der Waals surface area contributed by atoms with Crippen molar-refractivity contribution in [1.82, 2.24) is 10.2 Å². The van der Waals surface area contributed by atoms with Crippen LogP contribution in [0.4, 0.5) is 10.2 Å². The minimum Gasteiger partial charge on any atom is -0.508 e. The van der Waals surface area contributed by atoms with Gasteiger partial charge in [-0.1, -0.05) is 0 Å². The molecule has 0 saturated heterocycles. The third-order valence-corrected chi connectivity index (χ3v) is 1.91. The SMILES string of the molecule is Nc1[nH]ncc1-c1cc(O)ccc1F. The second kappa shape index (κ2) is 3.02. The van der Waals surface area contributed by atoms with Gasteiger partial charge in [0, 0.05) is 11.1 Å². The highest BCUT2D eigenvalue weighted by Crippen LogP contribution is 2.29. The number of nitrogen functional groups attached to an aromatic ring is 1. The van der Waals surface area contributed by atoms with Crippen molar-refractivity contribution in [3.63, 3.8) is 0 Å². The average molecular weight is 193 g/mol. The van der Waals surface area contributed by atoms with E-state index in [1.807, 2.05) is 0 Å². The van der Waals surface area contributed by atoms with Gasteiger partial charge in [0.05, 0.1) is 6.20 Å². The normalized spacial score (nSPS) is 10.4. The number of hydrogen-bond acceptors (Lipinski definition) is 3. The van der Waals surface area contributed by atoms with Gasteiger partial charge in [-0.2, -0.15) is 5.10 Å². The highest BCUT2D eigenvalue weighted by molar-refractivity contribution is 5.74. The van der Waals surface area contributed by atoms with E-state index in [1.54, 1.807) is 0 Å². The highest BCUT2D eigenvalue weighted by Gasteiger charge is 2.10. The molecule has 1 heterocycles. The van der Waals surface area contributed by atoms with E-state index >= 15 is 0 Å². The Morgan fingerprint density at radius 2 is 2.14 bits per heavy atom. The molecule has 2 aromatic rings. The molecule has 0 aliphatic heterocycles. The van der Waals surface area contributed by atoms with Gasteiger partial charge in [0.15, 0.2) is 0 Å². The molecule has 5 heteroatoms. The first kappa shape index (κ1) is 8.55. The molecule has 0 bridgehead atoms. The zero-order valence-electron chi connectivity index (χ0n) is 7.16. The van der Waals surface area contributed by atoms with Gasteiger partial charge in [-0.15, -0.1) is 0 Å². The van der Waals surface area contributed by atoms with E-state index in [1.165, 1.54) is 24.4 Å². The molecule has 4 nitrogen and oxygen atoms in total. The summed E-state index contributed by atoms with van der Waals surface area (Å²) in [5.74, 6) is -0.188. The summed E-state index contributed by atoms with van der Waals surface area (Å²) in [7, 11) is 0. The number of phenols is 1. The zero-order chi connectivity index (χ0) is 10.1. The summed E-state index contributed by atoms with van der Waals surface area (Å²) in [5.41, 5.74) is 6.20. The van der Waals surface area contributed by atoms with Gasteiger partial charge in [0.25, 0.3) is 0 Å². The van der Waals surface area contributed by atoms with E-state index in [4.69, 9.17) is 5.73 Å². The molecular formula is C9H8FN3O. The molecule has 0 amide bonds. The summed E-state index contributed by atoms with van der Waals surface area (Å²) < 4.78 is 13.3. The average Bonchev–Trinajstić information content (AvgIpc) is 2.56. The molecule has 72 valence electrons. The van der Waals surface area contributed by atoms with E-state index in [9.17, 15) is 9.50 Å². The molecule has 0 atom stereocenters. The fourth-order valence-electron chi connectivity index (χ4n) is 1.23. The predicted octanol–water partition coefficient (Wildman–Crippen LogP) is 1.50. The number of benzene rings is 1. The molecule has 1 aromatic carbocycles. The first-order valence-corrected chi connectivity index (χ1v) is 3.96. The molecule has 0 aliphatic carbocycles. The Kier molecular flexibility index (Phi) is 1.85. The lowest BCUT2D eigenvalue weighted by Crippen LogP contribution is -1.89. The number of hydrogen-bond donors (Lipinski definition) is 3. The number of H-pyrrole nitrogens is 1. The van der Waals surface area contributed by atoms with Gasteiger partial charge >= 0.3 is 0 Å². The number of anilines is 1. The van der Waals surface area contributed by atoms with Crippen molar-refractivity contribution < 1.29 is 9.50 Å². The molecule has 1 aromatic heterocycles. The number of halogens is 1. The van der Waals surface area contributed by atoms with Crippen molar-refractivity contribution in [2.45, 2.75) is 0 Å². The fraction of sp³-hybridized carbons (Fsp3) is 0. The third kappa shape index (κ3) is 1.28. The first-order valence-electron chi connectivity index (χ1n) is 3.96. The first-order chi connectivity index (χ1) is 6.68. The summed E-state index contributed by atoms with van der Waals surface area (Å²) in [6, 6.07) is 3.75. The Balaban J connectivity index is 2.62. The number of nitrogens with two attached hydrogens (primary N) is 1. The number of aromatic hydroxyl groups is 1. The second-order valence-electron chi connectivity index (χ2n) is 2.86. The molecule has 2 rings (SSSR count). The van der Waals surface area contributed by atoms with Crippen molar-refractivity contribution in [2.24, 2.45) is 0 Å². The lowest BCUT2D eigenvalue weighted by atomic mass is 10.1. The minimum atomic E-state index is -0.448. The fourth-order valence-corrected chi connectivity index (χ4v) is 1.23. The van der Waals surface area contributed by atoms with Gasteiger partial charge in [-0.05, 0) is 18.2 Å². The van der Waals surface area contributed by atoms with Crippen molar-refractivity contribution in [2.75, 3.05) is 5.73 Å². The Bertz CT molecular complexity index is 467. The smallest absolute Gasteiger partial charge is 0.131 e. The highest BCUT2D eigenvalue weighted by atomic mass is 19.1. The van der Waals surface area contributed by atoms with Crippen LogP contribution in [0.3, 0.4) is 0 Å². The lowest BCUT2D eigenvalue weighted by Gasteiger charge is -2.01. The molecule has 0 spiro atoms. The van der Waals surface area contributed by atoms with E-state index in [0.29, 0.717) is 5.56 Å². The Morgan fingerprint density at radius 3 is 2.79 bits per heavy atom. The van der Waals surface area contributed by atoms with Crippen LogP contribution in [0, 0.1) is 5.82 Å². The van der Waals surface area contributed by atoms with Gasteiger partial charge in [-0.3, -0.25) is 5.10 Å². The van der Waals surface area contributed by atoms with E-state index in [2.05, 4.69) is 10.2 Å². The summed E-state index contributed by atoms with van der Waals surface area (Å²) in [6.07, 6.45) is 1.41. The van der Waals surface area contributed by atoms with E-state index in [-0.39, 0.29) is 17.1 Å². The van der Waals surface area contributed by atoms with Crippen molar-refractivity contribution in [3.8, 4) is 16.9 Å². The number of phenolic OH excluding ortho intramolecular Hbond substituents is 1. The Hall–Kier alpha value is -2.04. The largest absolute Gasteiger partial charge is 0.508 e. The van der Waals surface area contributed by atoms with Crippen LogP contribution in [-0.2, 0) is 0 Å². The number of aromatic nitrogens is 2. The maximum Gasteiger partial charge on any atom is 0.131 e. The van der Waals surface area contributed by atoms with Crippen LogP contribution < -0.4 is 5.73 Å². The number of rotatable bonds is 1. The molecular weight excluding hydrogens is 185 g/mol. The molecule has 0 unspecified atom stereocenters. The Morgan fingerprint density at radius 1 is 1.36 bits per heavy atom. The number of nitrogens with one attached hydrogen (secondary N) is 1. The number of aromatic amines is 1. The van der Waals surface area contributed by atoms with Gasteiger partial charge in [0.2, 0.25) is 0 Å². The van der Waals surface area contributed by atoms with Crippen LogP contribution in [0.2, 0.25) is 0 Å². The zero-order valence-corrected chi connectivity index (χ0v) is 7.16. The topological polar surface area (TPSA) is 74.9 Å². The predicted molar refractivity (Wildman–Crippen MR) is 50.1 cm³/mol. The standard InChI is InChI=1S/C9H8FN3O/c10-8-2-1-5(14)3-6(8)7-4-12-13-9(7)11/h1-4,14H,(H3,11,12,13). The molecule has 0 saturated carbocycles. The number of nitrogens with zero attached hydrogens (tertiary/aromatic N) is 1. The monoisotopic (exact) mass is 193 g/mol. The van der Waals surface area contributed by atoms with Gasteiger partial charge in [0.1, 0.15) is 17.4 Å². The van der Waals surface area contributed by atoms with Crippen LogP contribution in [0.15, 0.2) is 24.4 Å². The van der Waals surface area contributed by atoms with E-state index in [0.717, 1.165) is 0 Å².